The van der Waals surface area contributed by atoms with Gasteiger partial charge in [-0.2, -0.15) is 18.4 Å². The smallest absolute Gasteiger partial charge is 0.417 e. The van der Waals surface area contributed by atoms with E-state index in [0.29, 0.717) is 6.07 Å². The predicted octanol–water partition coefficient (Wildman–Crippen LogP) is 2.93. The Morgan fingerprint density at radius 3 is 2.38 bits per heavy atom. The van der Waals surface area contributed by atoms with E-state index < -0.39 is 33.9 Å². The van der Waals surface area contributed by atoms with E-state index in [2.05, 4.69) is 0 Å². The maximum atomic E-state index is 12.5. The number of carboxylic acids is 1. The van der Waals surface area contributed by atoms with Gasteiger partial charge in [-0.05, 0) is 12.1 Å². The predicted molar refractivity (Wildman–Crippen MR) is 48.1 cm³/mol. The number of carboxylic acid groups (broad SMARTS) is 1. The summed E-state index contributed by atoms with van der Waals surface area (Å²) in [6.45, 7) is 0. The summed E-state index contributed by atoms with van der Waals surface area (Å²) in [6, 6.07) is 2.48. The molecule has 1 aromatic rings. The lowest BCUT2D eigenvalue weighted by Crippen LogP contribution is -2.10. The van der Waals surface area contributed by atoms with Crippen LogP contribution < -0.4 is 0 Å². The van der Waals surface area contributed by atoms with Crippen LogP contribution >= 0.6 is 11.6 Å². The molecule has 3 nitrogen and oxygen atoms in total. The first kappa shape index (κ1) is 12.3. The molecule has 1 N–H and O–H groups in total. The lowest BCUT2D eigenvalue weighted by Gasteiger charge is -2.10. The number of aromatic carboxylic acids is 1. The van der Waals surface area contributed by atoms with Crippen LogP contribution in [0.25, 0.3) is 0 Å². The maximum Gasteiger partial charge on any atom is 0.417 e. The summed E-state index contributed by atoms with van der Waals surface area (Å²) in [5.74, 6) is -1.54. The standard InChI is InChI=1S/C9H3ClF3NO2/c10-7-2-4(8(15)16)1-6(5(7)3-14)9(11,12)13/h1-2H,(H,15,16). The fourth-order valence-corrected chi connectivity index (χ4v) is 1.33. The van der Waals surface area contributed by atoms with Crippen molar-refractivity contribution in [2.75, 3.05) is 0 Å². The highest BCUT2D eigenvalue weighted by Gasteiger charge is 2.35. The number of nitriles is 1. The number of benzene rings is 1. The molecule has 7 heteroatoms. The van der Waals surface area contributed by atoms with Crippen molar-refractivity contribution in [1.82, 2.24) is 0 Å². The molecule has 0 radical (unpaired) electrons. The molecule has 0 aromatic heterocycles. The zero-order valence-corrected chi connectivity index (χ0v) is 8.23. The molecule has 16 heavy (non-hydrogen) atoms. The molecule has 0 aliphatic heterocycles. The van der Waals surface area contributed by atoms with E-state index in [1.54, 1.807) is 0 Å². The van der Waals surface area contributed by atoms with Crippen LogP contribution in [-0.2, 0) is 6.18 Å². The second-order valence-corrected chi connectivity index (χ2v) is 3.20. The first-order valence-corrected chi connectivity index (χ1v) is 4.19. The van der Waals surface area contributed by atoms with Crippen LogP contribution in [0.1, 0.15) is 21.5 Å². The number of carbonyl (C=O) groups is 1. The third-order valence-electron chi connectivity index (χ3n) is 1.75. The molecule has 0 heterocycles. The quantitative estimate of drug-likeness (QED) is 0.832. The van der Waals surface area contributed by atoms with Gasteiger partial charge >= 0.3 is 12.1 Å². The van der Waals surface area contributed by atoms with Crippen molar-refractivity contribution in [2.45, 2.75) is 6.18 Å². The van der Waals surface area contributed by atoms with Gasteiger partial charge in [0.2, 0.25) is 0 Å². The summed E-state index contributed by atoms with van der Waals surface area (Å²) in [5, 5.41) is 16.5. The van der Waals surface area contributed by atoms with Crippen LogP contribution in [0.5, 0.6) is 0 Å². The number of rotatable bonds is 1. The third-order valence-corrected chi connectivity index (χ3v) is 2.05. The van der Waals surface area contributed by atoms with Gasteiger partial charge in [0.05, 0.1) is 21.7 Å². The van der Waals surface area contributed by atoms with Gasteiger partial charge in [-0.25, -0.2) is 4.79 Å². The topological polar surface area (TPSA) is 61.1 Å². The highest BCUT2D eigenvalue weighted by Crippen LogP contribution is 2.35. The Bertz CT molecular complexity index is 491. The summed E-state index contributed by atoms with van der Waals surface area (Å²) in [7, 11) is 0. The molecule has 0 amide bonds. The van der Waals surface area contributed by atoms with Gasteiger partial charge in [-0.3, -0.25) is 0 Å². The van der Waals surface area contributed by atoms with Gasteiger partial charge in [-0.15, -0.1) is 0 Å². The van der Waals surface area contributed by atoms with Gasteiger partial charge in [-0.1, -0.05) is 11.6 Å². The average Bonchev–Trinajstić information content (AvgIpc) is 2.14. The molecule has 0 atom stereocenters. The average molecular weight is 250 g/mol. The maximum absolute atomic E-state index is 12.5. The van der Waals surface area contributed by atoms with Crippen LogP contribution in [0, 0.1) is 11.3 Å². The van der Waals surface area contributed by atoms with Crippen LogP contribution in [-0.4, -0.2) is 11.1 Å². The minimum Gasteiger partial charge on any atom is -0.478 e. The van der Waals surface area contributed by atoms with Crippen molar-refractivity contribution in [1.29, 1.82) is 5.26 Å². The second-order valence-electron chi connectivity index (χ2n) is 2.80. The minimum atomic E-state index is -4.82. The Morgan fingerprint density at radius 1 is 1.44 bits per heavy atom. The molecule has 0 bridgehead atoms. The van der Waals surface area contributed by atoms with E-state index in [1.165, 1.54) is 6.07 Å². The molecule has 0 saturated carbocycles. The van der Waals surface area contributed by atoms with Gasteiger partial charge in [0.15, 0.2) is 0 Å². The zero-order valence-electron chi connectivity index (χ0n) is 7.47. The molecule has 0 unspecified atom stereocenters. The highest BCUT2D eigenvalue weighted by molar-refractivity contribution is 6.32. The SMILES string of the molecule is N#Cc1c(Cl)cc(C(=O)O)cc1C(F)(F)F. The van der Waals surface area contributed by atoms with Crippen LogP contribution in [0.3, 0.4) is 0 Å². The first-order valence-electron chi connectivity index (χ1n) is 3.81. The Morgan fingerprint density at radius 2 is 2.00 bits per heavy atom. The molecule has 0 spiro atoms. The summed E-state index contributed by atoms with van der Waals surface area (Å²) in [4.78, 5) is 10.5. The summed E-state index contributed by atoms with van der Waals surface area (Å²) < 4.78 is 37.4. The van der Waals surface area contributed by atoms with E-state index in [9.17, 15) is 18.0 Å². The summed E-state index contributed by atoms with van der Waals surface area (Å²) in [5.41, 5.74) is -2.74. The van der Waals surface area contributed by atoms with Crippen LogP contribution in [0.2, 0.25) is 5.02 Å². The summed E-state index contributed by atoms with van der Waals surface area (Å²) >= 11 is 5.40. The Kier molecular flexibility index (Phi) is 3.10. The van der Waals surface area contributed by atoms with Gasteiger partial charge in [0.1, 0.15) is 6.07 Å². The molecule has 0 aliphatic rings. The second kappa shape index (κ2) is 4.02. The molecule has 1 rings (SSSR count). The van der Waals surface area contributed by atoms with E-state index in [1.807, 2.05) is 0 Å². The van der Waals surface area contributed by atoms with E-state index >= 15 is 0 Å². The molecule has 0 aliphatic carbocycles. The number of alkyl halides is 3. The number of hydrogen-bond donors (Lipinski definition) is 1. The van der Waals surface area contributed by atoms with E-state index in [4.69, 9.17) is 22.0 Å². The Labute approximate surface area is 92.7 Å². The third kappa shape index (κ3) is 2.25. The van der Waals surface area contributed by atoms with Crippen molar-refractivity contribution in [3.63, 3.8) is 0 Å². The minimum absolute atomic E-state index is 0.382. The largest absolute Gasteiger partial charge is 0.478 e. The fraction of sp³-hybridized carbons (Fsp3) is 0.111. The highest BCUT2D eigenvalue weighted by atomic mass is 35.5. The van der Waals surface area contributed by atoms with Gasteiger partial charge in [0.25, 0.3) is 0 Å². The lowest BCUT2D eigenvalue weighted by atomic mass is 10.0. The molecule has 0 fully saturated rings. The van der Waals surface area contributed by atoms with Crippen molar-refractivity contribution < 1.29 is 23.1 Å². The van der Waals surface area contributed by atoms with Crippen molar-refractivity contribution in [3.05, 3.63) is 33.8 Å². The van der Waals surface area contributed by atoms with Gasteiger partial charge < -0.3 is 5.11 Å². The molecular weight excluding hydrogens is 247 g/mol. The van der Waals surface area contributed by atoms with Gasteiger partial charge in [0, 0.05) is 0 Å². The van der Waals surface area contributed by atoms with Crippen molar-refractivity contribution in [3.8, 4) is 6.07 Å². The monoisotopic (exact) mass is 249 g/mol. The Balaban J connectivity index is 3.57. The van der Waals surface area contributed by atoms with Crippen LogP contribution in [0.15, 0.2) is 12.1 Å². The molecular formula is C9H3ClF3NO2. The normalized spacial score (nSPS) is 10.9. The van der Waals surface area contributed by atoms with E-state index in [0.717, 1.165) is 6.07 Å². The molecule has 0 saturated heterocycles. The molecule has 1 aromatic carbocycles. The zero-order chi connectivity index (χ0) is 12.5. The fourth-order valence-electron chi connectivity index (χ4n) is 1.07. The first-order chi connectivity index (χ1) is 7.27. The van der Waals surface area contributed by atoms with E-state index in [-0.39, 0.29) is 0 Å². The molecule has 84 valence electrons. The Hall–Kier alpha value is -1.74. The van der Waals surface area contributed by atoms with Crippen LogP contribution in [0.4, 0.5) is 13.2 Å². The summed E-state index contributed by atoms with van der Waals surface area (Å²) in [6.07, 6.45) is -4.82. The number of hydrogen-bond acceptors (Lipinski definition) is 2. The van der Waals surface area contributed by atoms with Crippen molar-refractivity contribution >= 4 is 17.6 Å². The number of halogens is 4. The number of nitrogens with zero attached hydrogens (tertiary/aromatic N) is 1. The lowest BCUT2D eigenvalue weighted by molar-refractivity contribution is -0.137. The van der Waals surface area contributed by atoms with Crippen molar-refractivity contribution in [2.24, 2.45) is 0 Å².